The number of nitrogens with zero attached hydrogens (tertiary/aromatic N) is 3. The number of carbonyl (C=O) groups is 1. The first-order valence-corrected chi connectivity index (χ1v) is 13.3. The molecule has 40 heavy (non-hydrogen) atoms. The molecule has 0 bridgehead atoms. The number of aromatic nitrogens is 2. The number of hydrogen-bond acceptors (Lipinski definition) is 5. The Morgan fingerprint density at radius 2 is 1.93 bits per heavy atom. The zero-order chi connectivity index (χ0) is 28.2. The zero-order valence-electron chi connectivity index (χ0n) is 22.7. The summed E-state index contributed by atoms with van der Waals surface area (Å²) in [6.07, 6.45) is 6.70. The van der Waals surface area contributed by atoms with Gasteiger partial charge in [0.2, 0.25) is 5.88 Å². The number of allylic oxidation sites excluding steroid dienone is 2. The summed E-state index contributed by atoms with van der Waals surface area (Å²) in [6.45, 7) is 5.17. The van der Waals surface area contributed by atoms with Gasteiger partial charge in [0.05, 0.1) is 37.1 Å². The summed E-state index contributed by atoms with van der Waals surface area (Å²) in [5.41, 5.74) is 2.07. The maximum Gasteiger partial charge on any atom is 0.320 e. The summed E-state index contributed by atoms with van der Waals surface area (Å²) < 4.78 is 40.9. The molecule has 1 aromatic heterocycles. The van der Waals surface area contributed by atoms with Gasteiger partial charge in [-0.1, -0.05) is 36.4 Å². The third-order valence-electron chi connectivity index (χ3n) is 7.39. The van der Waals surface area contributed by atoms with Crippen molar-refractivity contribution < 1.29 is 23.0 Å². The van der Waals surface area contributed by atoms with Gasteiger partial charge in [0.15, 0.2) is 11.6 Å². The first kappa shape index (κ1) is 27.4. The number of ether oxygens (including phenoxy) is 2. The minimum absolute atomic E-state index is 0.0202. The number of para-hydroxylation sites is 1. The Morgan fingerprint density at radius 3 is 2.65 bits per heavy atom. The van der Waals surface area contributed by atoms with Crippen LogP contribution in [-0.2, 0) is 4.74 Å². The highest BCUT2D eigenvalue weighted by Crippen LogP contribution is 2.34. The summed E-state index contributed by atoms with van der Waals surface area (Å²) in [5.74, 6) is -0.363. The number of rotatable bonds is 8. The molecular weight excluding hydrogens is 516 g/mol. The standard InChI is InChI=1S/C30H33F2N5O3/c1-4-40-29-19(2)28(37(35-29)21-10-6-5-7-11-21)34-30(38)33-25-18-36(26-12-8-9-13-27(26)39-3)17-22(25)20-14-15-23(31)24(32)16-20/h5-11,13-16,22,25-26H,4,12,17-18H2,1-3H3,(H2,33,34,38)/t22-,25+,26?/m0/s1. The van der Waals surface area contributed by atoms with Crippen molar-refractivity contribution in [1.29, 1.82) is 0 Å². The van der Waals surface area contributed by atoms with E-state index in [1.807, 2.05) is 56.3 Å². The van der Waals surface area contributed by atoms with Crippen molar-refractivity contribution in [2.45, 2.75) is 38.3 Å². The van der Waals surface area contributed by atoms with Crippen LogP contribution in [0.5, 0.6) is 5.88 Å². The predicted octanol–water partition coefficient (Wildman–Crippen LogP) is 5.31. The fourth-order valence-electron chi connectivity index (χ4n) is 5.41. The average molecular weight is 550 g/mol. The minimum Gasteiger partial charge on any atom is -0.499 e. The summed E-state index contributed by atoms with van der Waals surface area (Å²) in [5, 5.41) is 10.6. The molecule has 1 saturated heterocycles. The SMILES string of the molecule is CCOc1nn(-c2ccccc2)c(NC(=O)N[C@@H]2CN(C3CC=CC=C3OC)C[C@H]2c2ccc(F)c(F)c2)c1C. The Morgan fingerprint density at radius 1 is 1.12 bits per heavy atom. The Labute approximate surface area is 232 Å². The van der Waals surface area contributed by atoms with E-state index in [9.17, 15) is 13.6 Å². The highest BCUT2D eigenvalue weighted by molar-refractivity contribution is 5.90. The highest BCUT2D eigenvalue weighted by Gasteiger charge is 2.39. The Hall–Kier alpha value is -4.18. The van der Waals surface area contributed by atoms with E-state index in [0.29, 0.717) is 42.5 Å². The van der Waals surface area contributed by atoms with Crippen molar-refractivity contribution in [1.82, 2.24) is 20.0 Å². The molecule has 0 saturated carbocycles. The third kappa shape index (κ3) is 5.58. The Balaban J connectivity index is 1.41. The number of urea groups is 1. The lowest BCUT2D eigenvalue weighted by Gasteiger charge is -2.29. The predicted molar refractivity (Wildman–Crippen MR) is 149 cm³/mol. The van der Waals surface area contributed by atoms with Crippen molar-refractivity contribution in [3.63, 3.8) is 0 Å². The van der Waals surface area contributed by atoms with Crippen molar-refractivity contribution in [3.05, 3.63) is 95.3 Å². The summed E-state index contributed by atoms with van der Waals surface area (Å²) >= 11 is 0. The number of anilines is 1. The van der Waals surface area contributed by atoms with Crippen molar-refractivity contribution >= 4 is 11.8 Å². The number of halogens is 2. The summed E-state index contributed by atoms with van der Waals surface area (Å²) in [6, 6.07) is 12.5. The van der Waals surface area contributed by atoms with E-state index in [-0.39, 0.29) is 18.0 Å². The molecule has 1 unspecified atom stereocenters. The van der Waals surface area contributed by atoms with Crippen LogP contribution in [0.2, 0.25) is 0 Å². The fourth-order valence-corrected chi connectivity index (χ4v) is 5.41. The van der Waals surface area contributed by atoms with Crippen LogP contribution in [0.1, 0.15) is 30.4 Å². The quantitative estimate of drug-likeness (QED) is 0.398. The number of hydrogen-bond donors (Lipinski definition) is 2. The molecule has 2 aromatic carbocycles. The lowest BCUT2D eigenvalue weighted by Crippen LogP contribution is -2.43. The molecule has 0 radical (unpaired) electrons. The van der Waals surface area contributed by atoms with E-state index in [1.165, 1.54) is 6.07 Å². The molecule has 5 rings (SSSR count). The zero-order valence-corrected chi connectivity index (χ0v) is 22.7. The molecule has 1 aliphatic heterocycles. The van der Waals surface area contributed by atoms with Gasteiger partial charge < -0.3 is 14.8 Å². The van der Waals surface area contributed by atoms with Crippen molar-refractivity contribution in [3.8, 4) is 11.6 Å². The second kappa shape index (κ2) is 11.9. The van der Waals surface area contributed by atoms with E-state index in [0.717, 1.165) is 23.9 Å². The molecule has 1 fully saturated rings. The van der Waals surface area contributed by atoms with Gasteiger partial charge in [0.1, 0.15) is 11.6 Å². The number of carbonyl (C=O) groups excluding carboxylic acids is 1. The minimum atomic E-state index is -0.914. The van der Waals surface area contributed by atoms with Crippen LogP contribution >= 0.6 is 0 Å². The van der Waals surface area contributed by atoms with Crippen LogP contribution in [0.3, 0.4) is 0 Å². The van der Waals surface area contributed by atoms with Gasteiger partial charge in [-0.05, 0) is 56.2 Å². The molecule has 2 N–H and O–H groups in total. The Kier molecular flexibility index (Phi) is 8.16. The molecule has 3 aromatic rings. The van der Waals surface area contributed by atoms with Gasteiger partial charge >= 0.3 is 6.03 Å². The number of nitrogens with one attached hydrogen (secondary N) is 2. The van der Waals surface area contributed by atoms with Gasteiger partial charge in [-0.2, -0.15) is 0 Å². The number of amides is 2. The molecule has 0 spiro atoms. The molecule has 210 valence electrons. The lowest BCUT2D eigenvalue weighted by molar-refractivity contribution is 0.170. The van der Waals surface area contributed by atoms with Crippen LogP contribution in [0.4, 0.5) is 19.4 Å². The normalized spacial score (nSPS) is 20.7. The van der Waals surface area contributed by atoms with Gasteiger partial charge in [-0.15, -0.1) is 5.10 Å². The second-order valence-corrected chi connectivity index (χ2v) is 9.85. The summed E-state index contributed by atoms with van der Waals surface area (Å²) in [7, 11) is 1.64. The molecule has 3 atom stereocenters. The van der Waals surface area contributed by atoms with Crippen LogP contribution in [0, 0.1) is 18.6 Å². The molecule has 2 heterocycles. The topological polar surface area (TPSA) is 80.6 Å². The van der Waals surface area contributed by atoms with Crippen molar-refractivity contribution in [2.24, 2.45) is 0 Å². The largest absolute Gasteiger partial charge is 0.499 e. The van der Waals surface area contributed by atoms with Gasteiger partial charge in [-0.3, -0.25) is 10.2 Å². The number of likely N-dealkylation sites (tertiary alicyclic amines) is 1. The van der Waals surface area contributed by atoms with E-state index in [2.05, 4.69) is 26.7 Å². The fraction of sp³-hybridized carbons (Fsp3) is 0.333. The van der Waals surface area contributed by atoms with E-state index >= 15 is 0 Å². The molecule has 10 heteroatoms. The second-order valence-electron chi connectivity index (χ2n) is 9.85. The maximum absolute atomic E-state index is 14.2. The van der Waals surface area contributed by atoms with Gasteiger partial charge in [-0.25, -0.2) is 18.3 Å². The molecule has 2 aliphatic rings. The number of methoxy groups -OCH3 is 1. The van der Waals surface area contributed by atoms with Crippen LogP contribution in [-0.4, -0.2) is 59.6 Å². The monoisotopic (exact) mass is 549 g/mol. The van der Waals surface area contributed by atoms with Crippen LogP contribution in [0.25, 0.3) is 5.69 Å². The van der Waals surface area contributed by atoms with E-state index < -0.39 is 17.7 Å². The molecular formula is C30H33F2N5O3. The Bertz CT molecular complexity index is 1420. The van der Waals surface area contributed by atoms with Crippen molar-refractivity contribution in [2.75, 3.05) is 32.1 Å². The van der Waals surface area contributed by atoms with E-state index in [4.69, 9.17) is 9.47 Å². The maximum atomic E-state index is 14.2. The number of benzene rings is 2. The lowest BCUT2D eigenvalue weighted by atomic mass is 9.94. The van der Waals surface area contributed by atoms with Gasteiger partial charge in [0.25, 0.3) is 0 Å². The molecule has 1 aliphatic carbocycles. The smallest absolute Gasteiger partial charge is 0.320 e. The third-order valence-corrected chi connectivity index (χ3v) is 7.39. The van der Waals surface area contributed by atoms with Gasteiger partial charge in [0, 0.05) is 19.0 Å². The highest BCUT2D eigenvalue weighted by atomic mass is 19.2. The van der Waals surface area contributed by atoms with E-state index in [1.54, 1.807) is 17.9 Å². The molecule has 2 amide bonds. The van der Waals surface area contributed by atoms with Crippen LogP contribution < -0.4 is 15.4 Å². The first-order valence-electron chi connectivity index (χ1n) is 13.3. The summed E-state index contributed by atoms with van der Waals surface area (Å²) in [4.78, 5) is 15.7. The molecule has 8 nitrogen and oxygen atoms in total. The first-order chi connectivity index (χ1) is 19.4. The van der Waals surface area contributed by atoms with Crippen LogP contribution in [0.15, 0.2) is 72.5 Å². The average Bonchev–Trinajstić information content (AvgIpc) is 3.52.